The molecule has 1 aromatic heterocycles. The van der Waals surface area contributed by atoms with E-state index in [1.54, 1.807) is 12.1 Å². The van der Waals surface area contributed by atoms with Crippen LogP contribution in [0.2, 0.25) is 0 Å². The number of aryl methyl sites for hydroxylation is 1. The lowest BCUT2D eigenvalue weighted by Gasteiger charge is -2.00. The van der Waals surface area contributed by atoms with Crippen molar-refractivity contribution >= 4 is 5.69 Å². The lowest BCUT2D eigenvalue weighted by molar-refractivity contribution is 0.424. The van der Waals surface area contributed by atoms with Crippen LogP contribution in [-0.2, 0) is 6.42 Å². The molecule has 2 N–H and O–H groups in total. The molecule has 0 spiro atoms. The third-order valence-corrected chi connectivity index (χ3v) is 3.20. The molecule has 0 saturated heterocycles. The van der Waals surface area contributed by atoms with Gasteiger partial charge in [-0.25, -0.2) is 4.39 Å². The molecule has 0 amide bonds. The number of hydrogen-bond acceptors (Lipinski definition) is 4. The molecule has 0 radical (unpaired) electrons. The van der Waals surface area contributed by atoms with Crippen molar-refractivity contribution in [2.45, 2.75) is 13.3 Å². The standard InChI is InChI=1S/C16H14FN3O/c1-10-4-2-5-11(8-10)9-14-19-16(21-20-14)12-6-3-7-13(17)15(12)18/h2-8H,9,18H2,1H3. The predicted molar refractivity (Wildman–Crippen MR) is 78.1 cm³/mol. The average molecular weight is 283 g/mol. The largest absolute Gasteiger partial charge is 0.396 e. The molecular weight excluding hydrogens is 269 g/mol. The maximum absolute atomic E-state index is 13.4. The molecule has 0 atom stereocenters. The second-order valence-electron chi connectivity index (χ2n) is 4.88. The second-order valence-corrected chi connectivity index (χ2v) is 4.88. The van der Waals surface area contributed by atoms with Gasteiger partial charge in [0.25, 0.3) is 5.89 Å². The number of para-hydroxylation sites is 1. The van der Waals surface area contributed by atoms with Crippen molar-refractivity contribution in [3.05, 3.63) is 65.2 Å². The minimum atomic E-state index is -0.495. The highest BCUT2D eigenvalue weighted by molar-refractivity contribution is 5.70. The van der Waals surface area contributed by atoms with Crippen molar-refractivity contribution < 1.29 is 8.91 Å². The number of hydrogen-bond donors (Lipinski definition) is 1. The second kappa shape index (κ2) is 5.36. The average Bonchev–Trinajstić information content (AvgIpc) is 2.90. The van der Waals surface area contributed by atoms with Crippen LogP contribution in [0.1, 0.15) is 17.0 Å². The van der Waals surface area contributed by atoms with E-state index in [1.807, 2.05) is 25.1 Å². The van der Waals surface area contributed by atoms with Gasteiger partial charge in [0.2, 0.25) is 0 Å². The van der Waals surface area contributed by atoms with E-state index >= 15 is 0 Å². The van der Waals surface area contributed by atoms with Crippen molar-refractivity contribution in [3.63, 3.8) is 0 Å². The number of aromatic nitrogens is 2. The zero-order chi connectivity index (χ0) is 14.8. The van der Waals surface area contributed by atoms with Gasteiger partial charge in [-0.3, -0.25) is 0 Å². The summed E-state index contributed by atoms with van der Waals surface area (Å²) in [5, 5.41) is 3.92. The summed E-state index contributed by atoms with van der Waals surface area (Å²) in [6.45, 7) is 2.03. The first-order valence-electron chi connectivity index (χ1n) is 6.56. The molecule has 0 bridgehead atoms. The van der Waals surface area contributed by atoms with Crippen LogP contribution in [0.4, 0.5) is 10.1 Å². The van der Waals surface area contributed by atoms with Gasteiger partial charge >= 0.3 is 0 Å². The fourth-order valence-corrected chi connectivity index (χ4v) is 2.16. The Kier molecular flexibility index (Phi) is 3.39. The van der Waals surface area contributed by atoms with Crippen LogP contribution in [0.3, 0.4) is 0 Å². The van der Waals surface area contributed by atoms with Crippen molar-refractivity contribution in [3.8, 4) is 11.5 Å². The van der Waals surface area contributed by atoms with E-state index in [4.69, 9.17) is 10.3 Å². The SMILES string of the molecule is Cc1cccc(Cc2noc(-c3cccc(F)c3N)n2)c1. The Labute approximate surface area is 121 Å². The quantitative estimate of drug-likeness (QED) is 0.748. The van der Waals surface area contributed by atoms with E-state index in [1.165, 1.54) is 11.6 Å². The van der Waals surface area contributed by atoms with Crippen LogP contribution in [0.25, 0.3) is 11.5 Å². The maximum Gasteiger partial charge on any atom is 0.260 e. The minimum Gasteiger partial charge on any atom is -0.396 e. The Morgan fingerprint density at radius 3 is 2.81 bits per heavy atom. The summed E-state index contributed by atoms with van der Waals surface area (Å²) >= 11 is 0. The molecule has 0 saturated carbocycles. The van der Waals surface area contributed by atoms with Gasteiger partial charge in [0, 0.05) is 6.42 Å². The normalized spacial score (nSPS) is 10.8. The van der Waals surface area contributed by atoms with Gasteiger partial charge in [0.05, 0.1) is 11.3 Å². The van der Waals surface area contributed by atoms with Gasteiger partial charge in [-0.15, -0.1) is 0 Å². The maximum atomic E-state index is 13.4. The fourth-order valence-electron chi connectivity index (χ4n) is 2.16. The Hall–Kier alpha value is -2.69. The van der Waals surface area contributed by atoms with Crippen LogP contribution in [-0.4, -0.2) is 10.1 Å². The van der Waals surface area contributed by atoms with Gasteiger partial charge in [-0.1, -0.05) is 41.1 Å². The zero-order valence-electron chi connectivity index (χ0n) is 11.5. The first kappa shape index (κ1) is 13.3. The molecule has 0 aliphatic rings. The molecular formula is C16H14FN3O. The van der Waals surface area contributed by atoms with Crippen LogP contribution in [0, 0.1) is 12.7 Å². The van der Waals surface area contributed by atoms with Crippen molar-refractivity contribution in [2.24, 2.45) is 0 Å². The van der Waals surface area contributed by atoms with E-state index < -0.39 is 5.82 Å². The smallest absolute Gasteiger partial charge is 0.260 e. The highest BCUT2D eigenvalue weighted by Crippen LogP contribution is 2.26. The van der Waals surface area contributed by atoms with E-state index in [0.29, 0.717) is 17.8 Å². The third-order valence-electron chi connectivity index (χ3n) is 3.20. The van der Waals surface area contributed by atoms with E-state index in [-0.39, 0.29) is 11.6 Å². The van der Waals surface area contributed by atoms with E-state index in [9.17, 15) is 4.39 Å². The molecule has 3 rings (SSSR count). The molecule has 106 valence electrons. The first-order valence-corrected chi connectivity index (χ1v) is 6.56. The summed E-state index contributed by atoms with van der Waals surface area (Å²) in [7, 11) is 0. The van der Waals surface area contributed by atoms with Crippen LogP contribution < -0.4 is 5.73 Å². The number of rotatable bonds is 3. The number of nitrogens with zero attached hydrogens (tertiary/aromatic N) is 2. The van der Waals surface area contributed by atoms with Gasteiger partial charge in [-0.05, 0) is 24.6 Å². The molecule has 0 aliphatic heterocycles. The van der Waals surface area contributed by atoms with Crippen LogP contribution >= 0.6 is 0 Å². The summed E-state index contributed by atoms with van der Waals surface area (Å²) in [5.74, 6) is 0.278. The summed E-state index contributed by atoms with van der Waals surface area (Å²) in [4.78, 5) is 4.28. The molecule has 21 heavy (non-hydrogen) atoms. The monoisotopic (exact) mass is 283 g/mol. The predicted octanol–water partition coefficient (Wildman–Crippen LogP) is 3.36. The number of halogens is 1. The molecule has 3 aromatic rings. The van der Waals surface area contributed by atoms with Crippen LogP contribution in [0.5, 0.6) is 0 Å². The number of benzene rings is 2. The number of nitrogen functional groups attached to an aromatic ring is 1. The molecule has 0 fully saturated rings. The lowest BCUT2D eigenvalue weighted by atomic mass is 10.1. The molecule has 1 heterocycles. The first-order chi connectivity index (χ1) is 10.1. The molecule has 4 nitrogen and oxygen atoms in total. The fraction of sp³-hybridized carbons (Fsp3) is 0.125. The Balaban J connectivity index is 1.88. The highest BCUT2D eigenvalue weighted by Gasteiger charge is 2.14. The Morgan fingerprint density at radius 2 is 2.00 bits per heavy atom. The Bertz CT molecular complexity index is 783. The topological polar surface area (TPSA) is 64.9 Å². The highest BCUT2D eigenvalue weighted by atomic mass is 19.1. The summed E-state index contributed by atoms with van der Waals surface area (Å²) in [5.41, 5.74) is 8.39. The van der Waals surface area contributed by atoms with Gasteiger partial charge in [0.1, 0.15) is 5.82 Å². The summed E-state index contributed by atoms with van der Waals surface area (Å²) < 4.78 is 18.6. The van der Waals surface area contributed by atoms with E-state index in [2.05, 4.69) is 16.2 Å². The number of nitrogens with two attached hydrogens (primary N) is 1. The van der Waals surface area contributed by atoms with E-state index in [0.717, 1.165) is 5.56 Å². The third kappa shape index (κ3) is 2.76. The summed E-state index contributed by atoms with van der Waals surface area (Å²) in [6, 6.07) is 12.6. The van der Waals surface area contributed by atoms with Gasteiger partial charge in [0.15, 0.2) is 5.82 Å². The van der Waals surface area contributed by atoms with Gasteiger partial charge in [-0.2, -0.15) is 4.98 Å². The molecule has 2 aromatic carbocycles. The van der Waals surface area contributed by atoms with Crippen molar-refractivity contribution in [2.75, 3.05) is 5.73 Å². The molecule has 0 unspecified atom stereocenters. The lowest BCUT2D eigenvalue weighted by Crippen LogP contribution is -1.95. The van der Waals surface area contributed by atoms with Crippen molar-refractivity contribution in [1.29, 1.82) is 0 Å². The van der Waals surface area contributed by atoms with Crippen molar-refractivity contribution in [1.82, 2.24) is 10.1 Å². The van der Waals surface area contributed by atoms with Crippen LogP contribution in [0.15, 0.2) is 47.0 Å². The number of anilines is 1. The molecule has 0 aliphatic carbocycles. The Morgan fingerprint density at radius 1 is 1.19 bits per heavy atom. The minimum absolute atomic E-state index is 0.0169. The zero-order valence-corrected chi connectivity index (χ0v) is 11.5. The van der Waals surface area contributed by atoms with Gasteiger partial charge < -0.3 is 10.3 Å². The summed E-state index contributed by atoms with van der Waals surface area (Å²) in [6.07, 6.45) is 0.556. The molecule has 5 heteroatoms.